The molecular formula is C56H42N4O2. The molecule has 0 amide bonds. The first-order chi connectivity index (χ1) is 30.6. The van der Waals surface area contributed by atoms with Crippen LogP contribution in [-0.2, 0) is 0 Å². The highest BCUT2D eigenvalue weighted by molar-refractivity contribution is 6.08. The summed E-state index contributed by atoms with van der Waals surface area (Å²) in [7, 11) is 0. The number of fused-ring (bicyclic) bond motifs is 2. The van der Waals surface area contributed by atoms with Crippen LogP contribution in [0.15, 0.2) is 228 Å². The van der Waals surface area contributed by atoms with Crippen molar-refractivity contribution >= 4 is 55.9 Å². The largest absolute Gasteiger partial charge is 0.472 e. The quantitative estimate of drug-likeness (QED) is 0.138. The topological polar surface area (TPSA) is 42.6 Å². The van der Waals surface area contributed by atoms with Gasteiger partial charge in [0, 0.05) is 78.7 Å². The van der Waals surface area contributed by atoms with Gasteiger partial charge in [0.1, 0.15) is 0 Å². The summed E-state index contributed by atoms with van der Waals surface area (Å²) in [5.74, 6) is 0. The van der Waals surface area contributed by atoms with Crippen LogP contribution in [0, 0.1) is 13.8 Å². The lowest BCUT2D eigenvalue weighted by atomic mass is 10.0. The van der Waals surface area contributed by atoms with E-state index >= 15 is 0 Å². The molecule has 0 saturated heterocycles. The minimum Gasteiger partial charge on any atom is -0.472 e. The van der Waals surface area contributed by atoms with Gasteiger partial charge in [-0.05, 0) is 141 Å². The highest BCUT2D eigenvalue weighted by Gasteiger charge is 2.24. The molecule has 0 aliphatic rings. The average molecular weight is 803 g/mol. The number of benzene rings is 7. The van der Waals surface area contributed by atoms with E-state index in [2.05, 4.69) is 227 Å². The summed E-state index contributed by atoms with van der Waals surface area (Å²) >= 11 is 0. The molecule has 4 heterocycles. The van der Waals surface area contributed by atoms with Gasteiger partial charge in [-0.25, -0.2) is 0 Å². The van der Waals surface area contributed by atoms with Gasteiger partial charge in [0.2, 0.25) is 0 Å². The second-order valence-electron chi connectivity index (χ2n) is 15.6. The number of anilines is 6. The molecule has 298 valence electrons. The van der Waals surface area contributed by atoms with Crippen LogP contribution in [0.3, 0.4) is 0 Å². The molecule has 0 aliphatic heterocycles. The van der Waals surface area contributed by atoms with Gasteiger partial charge in [-0.1, -0.05) is 72.8 Å². The van der Waals surface area contributed by atoms with Gasteiger partial charge >= 0.3 is 0 Å². The molecule has 4 aromatic heterocycles. The maximum absolute atomic E-state index is 5.73. The van der Waals surface area contributed by atoms with Crippen LogP contribution >= 0.6 is 0 Å². The summed E-state index contributed by atoms with van der Waals surface area (Å²) in [6.07, 6.45) is 7.20. The Labute approximate surface area is 360 Å². The van der Waals surface area contributed by atoms with Gasteiger partial charge < -0.3 is 27.8 Å². The van der Waals surface area contributed by atoms with Crippen molar-refractivity contribution < 1.29 is 8.83 Å². The molecule has 0 unspecified atom stereocenters. The predicted octanol–water partition coefficient (Wildman–Crippen LogP) is 15.7. The fraction of sp³-hybridized carbons (Fsp3) is 0.0357. The molecule has 0 fully saturated rings. The molecular weight excluding hydrogens is 761 g/mol. The summed E-state index contributed by atoms with van der Waals surface area (Å²) in [6, 6.07) is 68.7. The maximum Gasteiger partial charge on any atom is 0.0996 e. The maximum atomic E-state index is 5.73. The molecule has 0 N–H and O–H groups in total. The Kier molecular flexibility index (Phi) is 9.16. The number of nitrogens with zero attached hydrogens (tertiary/aromatic N) is 4. The van der Waals surface area contributed by atoms with Crippen LogP contribution in [-0.4, -0.2) is 9.13 Å². The van der Waals surface area contributed by atoms with Crippen molar-refractivity contribution in [3.63, 3.8) is 0 Å². The van der Waals surface area contributed by atoms with Crippen molar-refractivity contribution in [3.05, 3.63) is 230 Å². The highest BCUT2D eigenvalue weighted by atomic mass is 16.3. The Morgan fingerprint density at radius 2 is 0.774 bits per heavy atom. The highest BCUT2D eigenvalue weighted by Crippen LogP contribution is 2.44. The Morgan fingerprint density at radius 3 is 1.21 bits per heavy atom. The number of aromatic nitrogens is 2. The standard InChI is InChI=1S/C56H42N4O2/c1-39-51-35-54-52(55(41-31-33-61-37-41)40(2)57(54)47-23-25-48(26-24-47)58(43-15-7-3-8-16-43)44-17-9-4-10-18-44)36-53(51)60(56(39)42-32-34-62-38-42)50-29-27-49(28-30-50)59(45-19-11-5-12-20-45)46-21-13-6-14-22-46/h3-38H,1-2H3. The number of furan rings is 2. The molecule has 0 radical (unpaired) electrons. The molecule has 0 atom stereocenters. The first kappa shape index (κ1) is 36.8. The van der Waals surface area contributed by atoms with Crippen LogP contribution in [0.5, 0.6) is 0 Å². The molecule has 6 nitrogen and oxygen atoms in total. The SMILES string of the molecule is Cc1c(-c2ccoc2)n(-c2ccc(N(c3ccccc3)c3ccccc3)cc2)c2cc3c(-c4ccoc4)c(C)n(-c4ccc(N(c5ccccc5)c5ccccc5)cc4)c3cc12. The predicted molar refractivity (Wildman–Crippen MR) is 254 cm³/mol. The zero-order valence-electron chi connectivity index (χ0n) is 34.4. The van der Waals surface area contributed by atoms with E-state index in [0.717, 1.165) is 90.0 Å². The Balaban J connectivity index is 1.09. The van der Waals surface area contributed by atoms with E-state index in [1.165, 1.54) is 10.9 Å². The molecule has 0 saturated carbocycles. The van der Waals surface area contributed by atoms with Crippen LogP contribution in [0.1, 0.15) is 11.3 Å². The van der Waals surface area contributed by atoms with Gasteiger partial charge in [-0.15, -0.1) is 0 Å². The normalized spacial score (nSPS) is 11.4. The smallest absolute Gasteiger partial charge is 0.0996 e. The van der Waals surface area contributed by atoms with Crippen molar-refractivity contribution in [2.75, 3.05) is 9.80 Å². The van der Waals surface area contributed by atoms with Gasteiger partial charge in [0.25, 0.3) is 0 Å². The lowest BCUT2D eigenvalue weighted by Crippen LogP contribution is -2.09. The molecule has 7 aromatic carbocycles. The van der Waals surface area contributed by atoms with Crippen molar-refractivity contribution in [3.8, 4) is 33.8 Å². The van der Waals surface area contributed by atoms with E-state index in [4.69, 9.17) is 8.83 Å². The Morgan fingerprint density at radius 1 is 0.387 bits per heavy atom. The number of hydrogen-bond donors (Lipinski definition) is 0. The molecule has 11 aromatic rings. The molecule has 62 heavy (non-hydrogen) atoms. The Bertz CT molecular complexity index is 3180. The third-order valence-electron chi connectivity index (χ3n) is 11.9. The first-order valence-corrected chi connectivity index (χ1v) is 20.9. The molecule has 0 spiro atoms. The average Bonchev–Trinajstić information content (AvgIpc) is 4.15. The second-order valence-corrected chi connectivity index (χ2v) is 15.6. The molecule has 0 aliphatic carbocycles. The number of para-hydroxylation sites is 4. The Hall–Kier alpha value is -8.22. The minimum absolute atomic E-state index is 1.02. The summed E-state index contributed by atoms with van der Waals surface area (Å²) in [4.78, 5) is 4.58. The van der Waals surface area contributed by atoms with Crippen molar-refractivity contribution in [1.82, 2.24) is 9.13 Å². The van der Waals surface area contributed by atoms with E-state index in [1.807, 2.05) is 12.5 Å². The zero-order chi connectivity index (χ0) is 41.6. The third-order valence-corrected chi connectivity index (χ3v) is 11.9. The fourth-order valence-corrected chi connectivity index (χ4v) is 9.17. The number of aryl methyl sites for hydroxylation is 1. The van der Waals surface area contributed by atoms with E-state index in [9.17, 15) is 0 Å². The van der Waals surface area contributed by atoms with Crippen molar-refractivity contribution in [2.24, 2.45) is 0 Å². The van der Waals surface area contributed by atoms with Crippen LogP contribution in [0.4, 0.5) is 34.1 Å². The minimum atomic E-state index is 1.02. The number of hydrogen-bond acceptors (Lipinski definition) is 4. The summed E-state index contributed by atoms with van der Waals surface area (Å²) < 4.78 is 16.2. The second kappa shape index (κ2) is 15.4. The van der Waals surface area contributed by atoms with E-state index in [1.54, 1.807) is 12.5 Å². The monoisotopic (exact) mass is 802 g/mol. The van der Waals surface area contributed by atoms with Crippen LogP contribution < -0.4 is 9.80 Å². The lowest BCUT2D eigenvalue weighted by molar-refractivity contribution is 0.568. The van der Waals surface area contributed by atoms with Crippen molar-refractivity contribution in [2.45, 2.75) is 13.8 Å². The lowest BCUT2D eigenvalue weighted by Gasteiger charge is -2.25. The summed E-state index contributed by atoms with van der Waals surface area (Å²) in [5, 5.41) is 2.31. The first-order valence-electron chi connectivity index (χ1n) is 20.9. The van der Waals surface area contributed by atoms with E-state index in [0.29, 0.717) is 0 Å². The van der Waals surface area contributed by atoms with Crippen LogP contribution in [0.25, 0.3) is 55.6 Å². The fourth-order valence-electron chi connectivity index (χ4n) is 9.17. The third kappa shape index (κ3) is 6.28. The zero-order valence-corrected chi connectivity index (χ0v) is 34.4. The summed E-state index contributed by atoms with van der Waals surface area (Å²) in [6.45, 7) is 4.44. The van der Waals surface area contributed by atoms with Crippen molar-refractivity contribution in [1.29, 1.82) is 0 Å². The van der Waals surface area contributed by atoms with Gasteiger partial charge in [-0.2, -0.15) is 0 Å². The van der Waals surface area contributed by atoms with E-state index < -0.39 is 0 Å². The van der Waals surface area contributed by atoms with Gasteiger partial charge in [0.15, 0.2) is 0 Å². The molecule has 6 heteroatoms. The van der Waals surface area contributed by atoms with Crippen LogP contribution in [0.2, 0.25) is 0 Å². The van der Waals surface area contributed by atoms with Gasteiger partial charge in [-0.3, -0.25) is 0 Å². The molecule has 0 bridgehead atoms. The summed E-state index contributed by atoms with van der Waals surface area (Å²) in [5.41, 5.74) is 17.5. The molecule has 11 rings (SSSR count). The van der Waals surface area contributed by atoms with E-state index in [-0.39, 0.29) is 0 Å². The van der Waals surface area contributed by atoms with Gasteiger partial charge in [0.05, 0.1) is 41.8 Å². The number of rotatable bonds is 10.